The second-order valence-corrected chi connectivity index (χ2v) is 9.01. The van der Waals surface area contributed by atoms with Crippen LogP contribution in [0.3, 0.4) is 0 Å². The van der Waals surface area contributed by atoms with Gasteiger partial charge in [0.1, 0.15) is 11.6 Å². The van der Waals surface area contributed by atoms with Crippen molar-refractivity contribution in [2.24, 2.45) is 0 Å². The summed E-state index contributed by atoms with van der Waals surface area (Å²) in [6.45, 7) is 3.62. The van der Waals surface area contributed by atoms with E-state index in [1.165, 1.54) is 4.90 Å². The maximum absolute atomic E-state index is 12.0. The number of amides is 1. The Hall–Kier alpha value is -3.33. The largest absolute Gasteiger partial charge is 0.396 e. The van der Waals surface area contributed by atoms with Crippen LogP contribution in [0.15, 0.2) is 77.5 Å². The number of anilines is 1. The van der Waals surface area contributed by atoms with Crippen molar-refractivity contribution in [3.8, 4) is 0 Å². The highest BCUT2D eigenvalue weighted by Crippen LogP contribution is 2.30. The Balaban J connectivity index is 2.02. The molecule has 0 bridgehead atoms. The quantitative estimate of drug-likeness (QED) is 0.200. The minimum atomic E-state index is -0.351. The number of nitrogens with two attached hydrogens (primary N) is 1. The minimum Gasteiger partial charge on any atom is -0.396 e. The molecule has 3 aromatic rings. The van der Waals surface area contributed by atoms with Crippen LogP contribution < -0.4 is 5.73 Å². The molecule has 0 saturated carbocycles. The lowest BCUT2D eigenvalue weighted by molar-refractivity contribution is -0.116. The number of hydrogen-bond donors (Lipinski definition) is 4. The van der Waals surface area contributed by atoms with Gasteiger partial charge in [-0.2, -0.15) is 0 Å². The van der Waals surface area contributed by atoms with E-state index >= 15 is 0 Å². The standard InChI is InChI=1S/C26H30N4O3S/c1-18(30(17-32)16-22-15-28-19(2)29-25(22)27)23(13-14-31)34-26(33)24(20-9-5-3-6-10-20)21-11-7-4-8-12-21/h3-12,15,17,24,31,33-34H,13-14,16H2,1-2H3,(H2,27,28,29)/b23-18-. The van der Waals surface area contributed by atoms with Gasteiger partial charge in [-0.05, 0) is 29.9 Å². The lowest BCUT2D eigenvalue weighted by atomic mass is 9.92. The first kappa shape index (κ1) is 25.3. The zero-order valence-corrected chi connectivity index (χ0v) is 20.2. The van der Waals surface area contributed by atoms with Crippen molar-refractivity contribution in [2.45, 2.75) is 32.7 Å². The maximum atomic E-state index is 12.0. The van der Waals surface area contributed by atoms with Crippen LogP contribution in [0.25, 0.3) is 0 Å². The van der Waals surface area contributed by atoms with Crippen molar-refractivity contribution >= 4 is 28.6 Å². The number of allylic oxidation sites excluding steroid dienone is 1. The van der Waals surface area contributed by atoms with E-state index in [0.29, 0.717) is 47.1 Å². The Kier molecular flexibility index (Phi) is 9.09. The minimum absolute atomic E-state index is 0.114. The van der Waals surface area contributed by atoms with Gasteiger partial charge in [-0.15, -0.1) is 11.4 Å². The van der Waals surface area contributed by atoms with E-state index in [4.69, 9.17) is 5.73 Å². The molecule has 0 saturated heterocycles. The highest BCUT2D eigenvalue weighted by molar-refractivity contribution is 8.02. The lowest BCUT2D eigenvalue weighted by Gasteiger charge is -2.23. The number of nitrogens with zero attached hydrogens (tertiary/aromatic N) is 3. The first-order chi connectivity index (χ1) is 16.4. The number of aliphatic hydroxyl groups is 2. The molecule has 0 radical (unpaired) electrons. The summed E-state index contributed by atoms with van der Waals surface area (Å²) in [5.41, 5.74) is 9.18. The van der Waals surface area contributed by atoms with Crippen molar-refractivity contribution in [1.29, 1.82) is 0 Å². The molecule has 0 fully saturated rings. The number of hydrogen-bond acceptors (Lipinski definition) is 5. The van der Waals surface area contributed by atoms with E-state index in [2.05, 4.69) is 9.97 Å². The van der Waals surface area contributed by atoms with Crippen LogP contribution in [0.4, 0.5) is 5.82 Å². The molecule has 178 valence electrons. The molecule has 4 N–H and O–H groups in total. The van der Waals surface area contributed by atoms with Crippen LogP contribution in [0.2, 0.25) is 0 Å². The highest BCUT2D eigenvalue weighted by Gasteiger charge is 2.19. The molecule has 3 rings (SSSR count). The second kappa shape index (κ2) is 12.2. The number of aromatic nitrogens is 2. The zero-order chi connectivity index (χ0) is 24.5. The summed E-state index contributed by atoms with van der Waals surface area (Å²) in [4.78, 5) is 22.5. The average Bonchev–Trinajstić information content (AvgIpc) is 2.84. The van der Waals surface area contributed by atoms with E-state index in [1.54, 1.807) is 20.0 Å². The zero-order valence-electron chi connectivity index (χ0n) is 19.3. The number of aliphatic hydroxyl groups excluding tert-OH is 2. The Morgan fingerprint density at radius 3 is 2.21 bits per heavy atom. The average molecular weight is 479 g/mol. The van der Waals surface area contributed by atoms with Gasteiger partial charge < -0.3 is 20.8 Å². The number of rotatable bonds is 10. The summed E-state index contributed by atoms with van der Waals surface area (Å²) in [5.74, 6) is 0.519. The summed E-state index contributed by atoms with van der Waals surface area (Å²) in [5, 5.41) is 21.2. The van der Waals surface area contributed by atoms with Crippen LogP contribution in [-0.4, -0.2) is 43.1 Å². The fourth-order valence-electron chi connectivity index (χ4n) is 3.63. The molecule has 2 aromatic carbocycles. The topological polar surface area (TPSA) is 113 Å². The van der Waals surface area contributed by atoms with Gasteiger partial charge in [-0.3, -0.25) is 4.79 Å². The van der Waals surface area contributed by atoms with Crippen LogP contribution in [0.5, 0.6) is 0 Å². The normalized spacial score (nSPS) is 12.7. The molecule has 0 aliphatic heterocycles. The summed E-state index contributed by atoms with van der Waals surface area (Å²) in [7, 11) is 0. The van der Waals surface area contributed by atoms with Crippen molar-refractivity contribution in [3.05, 3.63) is 100.0 Å². The van der Waals surface area contributed by atoms with Gasteiger partial charge in [-0.1, -0.05) is 60.7 Å². The first-order valence-corrected chi connectivity index (χ1v) is 11.8. The molecule has 1 aromatic heterocycles. The van der Waals surface area contributed by atoms with Crippen molar-refractivity contribution in [2.75, 3.05) is 12.3 Å². The van der Waals surface area contributed by atoms with Gasteiger partial charge in [0.05, 0.1) is 17.5 Å². The Labute approximate surface area is 203 Å². The molecule has 0 spiro atoms. The van der Waals surface area contributed by atoms with Gasteiger partial charge >= 0.3 is 0 Å². The van der Waals surface area contributed by atoms with Crippen molar-refractivity contribution in [3.63, 3.8) is 0 Å². The SMILES string of the molecule is C/C(=C(CCO)/[SH]=C(\O)C(c1ccccc1)c1ccccc1)N(C=O)Cc1cnc(C)nc1N. The molecular weight excluding hydrogens is 448 g/mol. The van der Waals surface area contributed by atoms with E-state index in [1.807, 2.05) is 60.7 Å². The predicted molar refractivity (Wildman–Crippen MR) is 139 cm³/mol. The predicted octanol–water partition coefficient (Wildman–Crippen LogP) is 3.93. The monoisotopic (exact) mass is 478 g/mol. The van der Waals surface area contributed by atoms with Crippen molar-refractivity contribution < 1.29 is 15.0 Å². The fraction of sp³-hybridized carbons (Fsp3) is 0.231. The molecule has 1 amide bonds. The molecule has 8 heteroatoms. The van der Waals surface area contributed by atoms with Crippen molar-refractivity contribution in [1.82, 2.24) is 14.9 Å². The number of nitrogen functional groups attached to an aromatic ring is 1. The fourth-order valence-corrected chi connectivity index (χ4v) is 4.83. The van der Waals surface area contributed by atoms with Crippen LogP contribution in [0.1, 0.15) is 41.8 Å². The summed E-state index contributed by atoms with van der Waals surface area (Å²) in [6.07, 6.45) is 2.62. The summed E-state index contributed by atoms with van der Waals surface area (Å²) < 4.78 is 0. The maximum Gasteiger partial charge on any atom is 0.214 e. The van der Waals surface area contributed by atoms with Crippen LogP contribution in [-0.2, 0) is 11.3 Å². The van der Waals surface area contributed by atoms with E-state index < -0.39 is 0 Å². The molecule has 0 aliphatic rings. The number of thiol groups is 1. The Bertz CT molecular complexity index is 1130. The molecule has 34 heavy (non-hydrogen) atoms. The molecule has 0 unspecified atom stereocenters. The van der Waals surface area contributed by atoms with E-state index in [9.17, 15) is 15.0 Å². The van der Waals surface area contributed by atoms with Gasteiger partial charge in [0.15, 0.2) is 0 Å². The van der Waals surface area contributed by atoms with E-state index in [-0.39, 0.29) is 24.1 Å². The molecular formula is C26H30N4O3S. The van der Waals surface area contributed by atoms with Gasteiger partial charge in [-0.25, -0.2) is 9.97 Å². The molecule has 1 heterocycles. The molecule has 7 nitrogen and oxygen atoms in total. The molecule has 0 aliphatic carbocycles. The highest BCUT2D eigenvalue weighted by atomic mass is 32.1. The van der Waals surface area contributed by atoms with Gasteiger partial charge in [0, 0.05) is 30.5 Å². The Morgan fingerprint density at radius 2 is 1.71 bits per heavy atom. The van der Waals surface area contributed by atoms with Gasteiger partial charge in [0.2, 0.25) is 6.41 Å². The van der Waals surface area contributed by atoms with Crippen LogP contribution >= 0.6 is 11.4 Å². The number of aryl methyl sites for hydroxylation is 1. The van der Waals surface area contributed by atoms with Crippen LogP contribution in [0, 0.1) is 6.92 Å². The number of carbonyl (C=O) groups excluding carboxylic acids is 1. The van der Waals surface area contributed by atoms with Gasteiger partial charge in [0.25, 0.3) is 0 Å². The third-order valence-electron chi connectivity index (χ3n) is 5.46. The second-order valence-electron chi connectivity index (χ2n) is 7.79. The number of benzene rings is 2. The third kappa shape index (κ3) is 6.38. The first-order valence-electron chi connectivity index (χ1n) is 10.9. The summed E-state index contributed by atoms with van der Waals surface area (Å²) >= 11 is 0.531. The van der Waals surface area contributed by atoms with E-state index in [0.717, 1.165) is 16.0 Å². The molecule has 0 atom stereocenters. The third-order valence-corrected chi connectivity index (χ3v) is 6.76. The summed E-state index contributed by atoms with van der Waals surface area (Å²) in [6, 6.07) is 19.5. The smallest absolute Gasteiger partial charge is 0.214 e. The lowest BCUT2D eigenvalue weighted by Crippen LogP contribution is -2.22. The number of carbonyl (C=O) groups is 1. The Morgan fingerprint density at radius 1 is 1.12 bits per heavy atom.